The molecule has 132 valence electrons. The fourth-order valence-corrected chi connectivity index (χ4v) is 3.52. The number of carbonyl (C=O) groups is 1. The van der Waals surface area contributed by atoms with Gasteiger partial charge in [-0.15, -0.1) is 0 Å². The molecule has 1 aromatic carbocycles. The molecule has 3 aromatic rings. The van der Waals surface area contributed by atoms with Gasteiger partial charge in [-0.2, -0.15) is 0 Å². The molecule has 0 bridgehead atoms. The van der Waals surface area contributed by atoms with Crippen molar-refractivity contribution < 1.29 is 9.53 Å². The number of amides is 1. The Hall–Kier alpha value is -2.95. The van der Waals surface area contributed by atoms with Crippen LogP contribution in [0.4, 0.5) is 5.69 Å². The van der Waals surface area contributed by atoms with Crippen LogP contribution in [0.5, 0.6) is 5.88 Å². The molecule has 0 radical (unpaired) electrons. The lowest BCUT2D eigenvalue weighted by molar-refractivity contribution is 0.0976. The minimum Gasteiger partial charge on any atom is -0.474 e. The van der Waals surface area contributed by atoms with Gasteiger partial charge in [-0.3, -0.25) is 9.78 Å². The molecule has 4 rings (SSSR count). The first-order valence-electron chi connectivity index (χ1n) is 8.90. The maximum atomic E-state index is 13.6. The molecule has 0 unspecified atom stereocenters. The summed E-state index contributed by atoms with van der Waals surface area (Å²) in [5, 5.41) is 0.889. The Labute approximate surface area is 152 Å². The van der Waals surface area contributed by atoms with E-state index in [2.05, 4.69) is 11.9 Å². The molecule has 1 aliphatic rings. The van der Waals surface area contributed by atoms with Gasteiger partial charge in [-0.25, -0.2) is 4.98 Å². The van der Waals surface area contributed by atoms with Crippen molar-refractivity contribution in [2.45, 2.75) is 27.2 Å². The predicted octanol–water partition coefficient (Wildman–Crippen LogP) is 3.85. The largest absolute Gasteiger partial charge is 0.474 e. The number of aromatic nitrogens is 2. The number of ether oxygens (including phenoxy) is 1. The lowest BCUT2D eigenvalue weighted by Crippen LogP contribution is -2.39. The molecule has 0 spiro atoms. The SMILES string of the molecule is CCc1nc2ccccc2c(C(=O)N2CCOc3nc(C)ccc32)c1C. The van der Waals surface area contributed by atoms with Gasteiger partial charge in [0, 0.05) is 16.8 Å². The Morgan fingerprint density at radius 1 is 1.15 bits per heavy atom. The molecule has 3 heterocycles. The van der Waals surface area contributed by atoms with E-state index >= 15 is 0 Å². The van der Waals surface area contributed by atoms with Crippen LogP contribution in [0.2, 0.25) is 0 Å². The molecule has 1 aliphatic heterocycles. The van der Waals surface area contributed by atoms with Crippen molar-refractivity contribution in [1.82, 2.24) is 9.97 Å². The molecule has 0 saturated carbocycles. The number of fused-ring (bicyclic) bond motifs is 2. The average Bonchev–Trinajstić information content (AvgIpc) is 2.66. The van der Waals surface area contributed by atoms with E-state index in [1.807, 2.05) is 50.2 Å². The summed E-state index contributed by atoms with van der Waals surface area (Å²) < 4.78 is 5.67. The van der Waals surface area contributed by atoms with E-state index in [1.165, 1.54) is 0 Å². The van der Waals surface area contributed by atoms with E-state index in [0.717, 1.165) is 45.5 Å². The van der Waals surface area contributed by atoms with Crippen LogP contribution >= 0.6 is 0 Å². The number of benzene rings is 1. The van der Waals surface area contributed by atoms with Crippen molar-refractivity contribution in [3.05, 3.63) is 58.9 Å². The molecule has 0 aliphatic carbocycles. The zero-order valence-electron chi connectivity index (χ0n) is 15.2. The van der Waals surface area contributed by atoms with E-state index < -0.39 is 0 Å². The topological polar surface area (TPSA) is 55.3 Å². The van der Waals surface area contributed by atoms with Crippen molar-refractivity contribution in [1.29, 1.82) is 0 Å². The normalized spacial score (nSPS) is 13.4. The summed E-state index contributed by atoms with van der Waals surface area (Å²) in [6.45, 7) is 6.92. The molecule has 26 heavy (non-hydrogen) atoms. The highest BCUT2D eigenvalue weighted by atomic mass is 16.5. The summed E-state index contributed by atoms with van der Waals surface area (Å²) in [6, 6.07) is 11.6. The van der Waals surface area contributed by atoms with Crippen LogP contribution in [0.1, 0.15) is 34.2 Å². The van der Waals surface area contributed by atoms with Crippen LogP contribution in [-0.2, 0) is 6.42 Å². The Bertz CT molecular complexity index is 1010. The fraction of sp³-hybridized carbons (Fsp3) is 0.286. The van der Waals surface area contributed by atoms with Crippen LogP contribution in [-0.4, -0.2) is 29.0 Å². The standard InChI is InChI=1S/C21H21N3O2/c1-4-16-14(3)19(15-7-5-6-8-17(15)23-16)21(25)24-11-12-26-20-18(24)10-9-13(2)22-20/h5-10H,4,11-12H2,1-3H3. The predicted molar refractivity (Wildman–Crippen MR) is 102 cm³/mol. The molecule has 5 heteroatoms. The maximum absolute atomic E-state index is 13.6. The van der Waals surface area contributed by atoms with Crippen LogP contribution in [0.25, 0.3) is 10.9 Å². The van der Waals surface area contributed by atoms with E-state index in [4.69, 9.17) is 9.72 Å². The molecule has 5 nitrogen and oxygen atoms in total. The summed E-state index contributed by atoms with van der Waals surface area (Å²) in [7, 11) is 0. The number of hydrogen-bond donors (Lipinski definition) is 0. The number of rotatable bonds is 2. The molecule has 0 fully saturated rings. The van der Waals surface area contributed by atoms with Crippen molar-refractivity contribution in [3.63, 3.8) is 0 Å². The number of anilines is 1. The molecular weight excluding hydrogens is 326 g/mol. The number of hydrogen-bond acceptors (Lipinski definition) is 4. The zero-order valence-corrected chi connectivity index (χ0v) is 15.2. The third-order valence-electron chi connectivity index (χ3n) is 4.85. The summed E-state index contributed by atoms with van der Waals surface area (Å²) >= 11 is 0. The van der Waals surface area contributed by atoms with Crippen molar-refractivity contribution in [2.75, 3.05) is 18.1 Å². The molecule has 2 aromatic heterocycles. The number of pyridine rings is 2. The van der Waals surface area contributed by atoms with E-state index in [-0.39, 0.29) is 5.91 Å². The van der Waals surface area contributed by atoms with Crippen LogP contribution in [0.15, 0.2) is 36.4 Å². The van der Waals surface area contributed by atoms with Crippen molar-refractivity contribution in [3.8, 4) is 5.88 Å². The third kappa shape index (κ3) is 2.60. The highest BCUT2D eigenvalue weighted by Gasteiger charge is 2.28. The van der Waals surface area contributed by atoms with Crippen LogP contribution in [0.3, 0.4) is 0 Å². The van der Waals surface area contributed by atoms with Crippen molar-refractivity contribution in [2.24, 2.45) is 0 Å². The minimum atomic E-state index is -0.0222. The molecule has 1 amide bonds. The van der Waals surface area contributed by atoms with Gasteiger partial charge < -0.3 is 9.64 Å². The van der Waals surface area contributed by atoms with Gasteiger partial charge >= 0.3 is 0 Å². The van der Waals surface area contributed by atoms with Gasteiger partial charge in [-0.05, 0) is 44.0 Å². The van der Waals surface area contributed by atoms with Gasteiger partial charge in [-0.1, -0.05) is 25.1 Å². The van der Waals surface area contributed by atoms with Gasteiger partial charge in [0.15, 0.2) is 0 Å². The Balaban J connectivity index is 1.89. The Kier molecular flexibility index (Phi) is 4.07. The summed E-state index contributed by atoms with van der Waals surface area (Å²) in [6.07, 6.45) is 0.789. The fourth-order valence-electron chi connectivity index (χ4n) is 3.52. The van der Waals surface area contributed by atoms with Crippen LogP contribution in [0, 0.1) is 13.8 Å². The van der Waals surface area contributed by atoms with E-state index in [9.17, 15) is 4.79 Å². The second-order valence-electron chi connectivity index (χ2n) is 6.51. The first-order chi connectivity index (χ1) is 12.6. The number of carbonyl (C=O) groups excluding carboxylic acids is 1. The molecular formula is C21H21N3O2. The highest BCUT2D eigenvalue weighted by Crippen LogP contribution is 2.33. The average molecular weight is 347 g/mol. The lowest BCUT2D eigenvalue weighted by atomic mass is 9.98. The summed E-state index contributed by atoms with van der Waals surface area (Å²) in [5.41, 5.74) is 5.09. The maximum Gasteiger partial charge on any atom is 0.259 e. The summed E-state index contributed by atoms with van der Waals surface area (Å²) in [5.74, 6) is 0.502. The van der Waals surface area contributed by atoms with Gasteiger partial charge in [0.25, 0.3) is 5.91 Å². The summed E-state index contributed by atoms with van der Waals surface area (Å²) in [4.78, 5) is 24.5. The Morgan fingerprint density at radius 3 is 2.77 bits per heavy atom. The van der Waals surface area contributed by atoms with Crippen LogP contribution < -0.4 is 9.64 Å². The monoisotopic (exact) mass is 347 g/mol. The van der Waals surface area contributed by atoms with E-state index in [1.54, 1.807) is 4.90 Å². The highest BCUT2D eigenvalue weighted by molar-refractivity contribution is 6.15. The number of para-hydroxylation sites is 1. The van der Waals surface area contributed by atoms with Crippen molar-refractivity contribution >= 4 is 22.5 Å². The minimum absolute atomic E-state index is 0.0222. The first-order valence-corrected chi connectivity index (χ1v) is 8.90. The van der Waals surface area contributed by atoms with Gasteiger partial charge in [0.05, 0.1) is 17.6 Å². The van der Waals surface area contributed by atoms with Gasteiger partial charge in [0.2, 0.25) is 5.88 Å². The second-order valence-corrected chi connectivity index (χ2v) is 6.51. The smallest absolute Gasteiger partial charge is 0.259 e. The number of nitrogens with zero attached hydrogens (tertiary/aromatic N) is 3. The van der Waals surface area contributed by atoms with Gasteiger partial charge in [0.1, 0.15) is 12.3 Å². The molecule has 0 N–H and O–H groups in total. The van der Waals surface area contributed by atoms with E-state index in [0.29, 0.717) is 19.0 Å². The molecule has 0 saturated heterocycles. The second kappa shape index (κ2) is 6.41. The zero-order chi connectivity index (χ0) is 18.3. The number of aryl methyl sites for hydroxylation is 2. The third-order valence-corrected chi connectivity index (χ3v) is 4.85. The lowest BCUT2D eigenvalue weighted by Gasteiger charge is -2.30. The first kappa shape index (κ1) is 16.5. The quantitative estimate of drug-likeness (QED) is 0.707. The Morgan fingerprint density at radius 2 is 1.96 bits per heavy atom. The molecule has 0 atom stereocenters.